The molecule has 202 valence electrons. The van der Waals surface area contributed by atoms with Crippen molar-refractivity contribution in [2.75, 3.05) is 52.8 Å². The van der Waals surface area contributed by atoms with Crippen molar-refractivity contribution in [1.82, 2.24) is 24.0 Å². The monoisotopic (exact) mass is 549 g/mol. The predicted molar refractivity (Wildman–Crippen MR) is 151 cm³/mol. The third-order valence-corrected chi connectivity index (χ3v) is 7.86. The maximum absolute atomic E-state index is 12.1. The van der Waals surface area contributed by atoms with Crippen molar-refractivity contribution in [3.8, 4) is 0 Å². The van der Waals surface area contributed by atoms with Crippen molar-refractivity contribution in [2.45, 2.75) is 13.5 Å². The lowest BCUT2D eigenvalue weighted by atomic mass is 10.1. The van der Waals surface area contributed by atoms with Gasteiger partial charge in [0.05, 0.1) is 23.9 Å². The first-order valence-corrected chi connectivity index (χ1v) is 15.1. The number of nitrogens with one attached hydrogen (secondary N) is 2. The molecule has 2 aromatic carbocycles. The van der Waals surface area contributed by atoms with Crippen LogP contribution in [0.5, 0.6) is 0 Å². The molecule has 1 aromatic heterocycles. The van der Waals surface area contributed by atoms with Crippen molar-refractivity contribution in [1.29, 1.82) is 0 Å². The van der Waals surface area contributed by atoms with Gasteiger partial charge in [-0.05, 0) is 70.5 Å². The molecule has 0 saturated carbocycles. The number of nitrogens with zero attached hydrogens (tertiary/aromatic N) is 5. The van der Waals surface area contributed by atoms with Crippen LogP contribution in [-0.2, 0) is 26.6 Å². The van der Waals surface area contributed by atoms with Gasteiger partial charge in [-0.1, -0.05) is 12.1 Å². The van der Waals surface area contributed by atoms with Gasteiger partial charge in [0.25, 0.3) is 0 Å². The zero-order chi connectivity index (χ0) is 27.2. The Balaban J connectivity index is 1.86. The van der Waals surface area contributed by atoms with Gasteiger partial charge < -0.3 is 14.4 Å². The minimum atomic E-state index is -3.52. The van der Waals surface area contributed by atoms with Gasteiger partial charge in [-0.3, -0.25) is 0 Å². The first kappa shape index (κ1) is 28.6. The molecule has 0 aliphatic carbocycles. The molecule has 0 aliphatic heterocycles. The van der Waals surface area contributed by atoms with Gasteiger partial charge in [0.1, 0.15) is 0 Å². The lowest BCUT2D eigenvalue weighted by Gasteiger charge is -2.09. The van der Waals surface area contributed by atoms with E-state index in [0.29, 0.717) is 13.1 Å². The van der Waals surface area contributed by atoms with E-state index in [1.807, 2.05) is 64.6 Å². The molecule has 0 spiro atoms. The Morgan fingerprint density at radius 1 is 0.757 bits per heavy atom. The molecular weight excluding hydrogens is 514 g/mol. The number of aromatic nitrogens is 1. The van der Waals surface area contributed by atoms with Gasteiger partial charge in [-0.25, -0.2) is 26.5 Å². The Morgan fingerprint density at radius 2 is 1.16 bits per heavy atom. The molecular formula is C24H35N7O4S2. The molecule has 0 radical (unpaired) electrons. The van der Waals surface area contributed by atoms with E-state index in [2.05, 4.69) is 31.4 Å². The molecule has 0 unspecified atom stereocenters. The van der Waals surface area contributed by atoms with Gasteiger partial charge in [0.2, 0.25) is 20.0 Å². The van der Waals surface area contributed by atoms with Crippen LogP contribution in [0, 0.1) is 0 Å². The summed E-state index contributed by atoms with van der Waals surface area (Å²) in [6.45, 7) is 3.62. The van der Waals surface area contributed by atoms with E-state index in [0.717, 1.165) is 39.5 Å². The minimum absolute atomic E-state index is 0.0451. The summed E-state index contributed by atoms with van der Waals surface area (Å²) in [6, 6.07) is 11.6. The van der Waals surface area contributed by atoms with Gasteiger partial charge in [-0.2, -0.15) is 10.2 Å². The summed E-state index contributed by atoms with van der Waals surface area (Å²) in [5, 5.41) is 9.81. The largest absolute Gasteiger partial charge is 0.341 e. The molecule has 2 N–H and O–H groups in total. The second-order valence-corrected chi connectivity index (χ2v) is 12.9. The molecule has 3 rings (SSSR count). The second kappa shape index (κ2) is 12.0. The van der Waals surface area contributed by atoms with Crippen LogP contribution in [0.4, 0.5) is 0 Å². The highest BCUT2D eigenvalue weighted by Crippen LogP contribution is 2.30. The number of aryl methyl sites for hydroxylation is 1. The molecule has 13 heteroatoms. The van der Waals surface area contributed by atoms with Crippen molar-refractivity contribution >= 4 is 54.3 Å². The zero-order valence-corrected chi connectivity index (χ0v) is 23.5. The Hall–Kier alpha value is -3.00. The minimum Gasteiger partial charge on any atom is -0.341 e. The average molecular weight is 550 g/mol. The standard InChI is InChI=1S/C24H35N7O4S2/c1-6-31-23-9-7-19(17-25-27-36(32,33)13-11-29(2)3)15-21(23)22-16-20(8-10-24(22)31)18-26-28-37(34,35)14-12-30(4)5/h7-10,15-18,27-28H,6,11-14H2,1-5H3/b25-17+,26-18+. The number of hydrazone groups is 2. The Kier molecular flexibility index (Phi) is 9.29. The third kappa shape index (κ3) is 7.99. The van der Waals surface area contributed by atoms with Gasteiger partial charge in [0, 0.05) is 41.4 Å². The summed E-state index contributed by atoms with van der Waals surface area (Å²) in [7, 11) is 0.201. The number of sulfonamides is 2. The molecule has 0 atom stereocenters. The molecule has 1 heterocycles. The quantitative estimate of drug-likeness (QED) is 0.245. The van der Waals surface area contributed by atoms with Gasteiger partial charge in [-0.15, -0.1) is 0 Å². The van der Waals surface area contributed by atoms with E-state index in [4.69, 9.17) is 0 Å². The molecule has 0 fully saturated rings. The Morgan fingerprint density at radius 3 is 1.51 bits per heavy atom. The van der Waals surface area contributed by atoms with Gasteiger partial charge >= 0.3 is 0 Å². The van der Waals surface area contributed by atoms with Crippen molar-refractivity contribution in [3.63, 3.8) is 0 Å². The third-order valence-electron chi connectivity index (χ3n) is 5.65. The first-order valence-electron chi connectivity index (χ1n) is 11.8. The summed E-state index contributed by atoms with van der Waals surface area (Å²) >= 11 is 0. The molecule has 0 saturated heterocycles. The number of fused-ring (bicyclic) bond motifs is 3. The van der Waals surface area contributed by atoms with E-state index in [1.54, 1.807) is 9.80 Å². The van der Waals surface area contributed by atoms with Crippen LogP contribution < -0.4 is 9.66 Å². The number of hydrogen-bond donors (Lipinski definition) is 2. The lowest BCUT2D eigenvalue weighted by Crippen LogP contribution is -2.28. The van der Waals surface area contributed by atoms with E-state index < -0.39 is 20.0 Å². The fraction of sp³-hybridized carbons (Fsp3) is 0.417. The van der Waals surface area contributed by atoms with E-state index in [1.165, 1.54) is 12.4 Å². The van der Waals surface area contributed by atoms with Crippen LogP contribution in [0.3, 0.4) is 0 Å². The summed E-state index contributed by atoms with van der Waals surface area (Å²) in [4.78, 5) is 8.10. The van der Waals surface area contributed by atoms with Crippen LogP contribution in [0.2, 0.25) is 0 Å². The number of rotatable bonds is 13. The van der Waals surface area contributed by atoms with Crippen LogP contribution >= 0.6 is 0 Å². The van der Waals surface area contributed by atoms with Crippen LogP contribution in [0.15, 0.2) is 46.6 Å². The maximum atomic E-state index is 12.1. The van der Waals surface area contributed by atoms with Crippen molar-refractivity contribution in [3.05, 3.63) is 47.5 Å². The van der Waals surface area contributed by atoms with E-state index >= 15 is 0 Å². The maximum Gasteiger partial charge on any atom is 0.248 e. The van der Waals surface area contributed by atoms with E-state index in [-0.39, 0.29) is 11.5 Å². The van der Waals surface area contributed by atoms with Crippen molar-refractivity contribution < 1.29 is 16.8 Å². The van der Waals surface area contributed by atoms with Crippen LogP contribution in [0.25, 0.3) is 21.8 Å². The average Bonchev–Trinajstić information content (AvgIpc) is 3.14. The predicted octanol–water partition coefficient (Wildman–Crippen LogP) is 1.44. The second-order valence-electron chi connectivity index (χ2n) is 9.24. The van der Waals surface area contributed by atoms with Crippen LogP contribution in [-0.4, -0.2) is 96.4 Å². The molecule has 37 heavy (non-hydrogen) atoms. The number of benzene rings is 2. The SMILES string of the molecule is CCn1c2ccc(/C=N/NS(=O)(=O)CCN(C)C)cc2c2cc(/C=N/NS(=O)(=O)CCN(C)C)ccc21. The zero-order valence-electron chi connectivity index (χ0n) is 21.8. The fourth-order valence-corrected chi connectivity index (χ4v) is 5.52. The fourth-order valence-electron chi connectivity index (χ4n) is 3.70. The normalized spacial score (nSPS) is 13.2. The first-order chi connectivity index (χ1) is 17.4. The molecule has 11 nitrogen and oxygen atoms in total. The summed E-state index contributed by atoms with van der Waals surface area (Å²) in [5.41, 5.74) is 3.54. The summed E-state index contributed by atoms with van der Waals surface area (Å²) in [5.74, 6) is -0.0903. The highest BCUT2D eigenvalue weighted by molar-refractivity contribution is 7.89. The van der Waals surface area contributed by atoms with Crippen LogP contribution in [0.1, 0.15) is 18.1 Å². The Labute approximate surface area is 218 Å². The summed E-state index contributed by atoms with van der Waals surface area (Å²) in [6.07, 6.45) is 2.96. The highest BCUT2D eigenvalue weighted by Gasteiger charge is 2.12. The Bertz CT molecular complexity index is 1400. The topological polar surface area (TPSA) is 128 Å². The number of hydrogen-bond acceptors (Lipinski definition) is 8. The smallest absolute Gasteiger partial charge is 0.248 e. The molecule has 0 amide bonds. The molecule has 3 aromatic rings. The molecule has 0 aliphatic rings. The van der Waals surface area contributed by atoms with Gasteiger partial charge in [0.15, 0.2) is 0 Å². The lowest BCUT2D eigenvalue weighted by molar-refractivity contribution is 0.431. The van der Waals surface area contributed by atoms with E-state index in [9.17, 15) is 16.8 Å². The highest BCUT2D eigenvalue weighted by atomic mass is 32.2. The molecule has 0 bridgehead atoms. The summed E-state index contributed by atoms with van der Waals surface area (Å²) < 4.78 is 50.6. The van der Waals surface area contributed by atoms with Crippen molar-refractivity contribution in [2.24, 2.45) is 10.2 Å².